The van der Waals surface area contributed by atoms with E-state index in [0.717, 1.165) is 31.2 Å². The van der Waals surface area contributed by atoms with E-state index >= 15 is 0 Å². The maximum atomic E-state index is 5.79. The van der Waals surface area contributed by atoms with Gasteiger partial charge in [-0.3, -0.25) is 0 Å². The van der Waals surface area contributed by atoms with Gasteiger partial charge in [0.2, 0.25) is 0 Å². The highest BCUT2D eigenvalue weighted by molar-refractivity contribution is 5.20. The van der Waals surface area contributed by atoms with E-state index in [-0.39, 0.29) is 0 Å². The SMILES string of the molecule is CCNC(CCOc1ccccc1)CC(CC)CC. The quantitative estimate of drug-likeness (QED) is 0.681. The molecule has 1 atom stereocenters. The Bertz CT molecular complexity index is 308. The van der Waals surface area contributed by atoms with E-state index in [1.54, 1.807) is 0 Å². The van der Waals surface area contributed by atoms with Crippen molar-refractivity contribution in [3.63, 3.8) is 0 Å². The number of hydrogen-bond donors (Lipinski definition) is 1. The van der Waals surface area contributed by atoms with Gasteiger partial charge in [-0.15, -0.1) is 0 Å². The predicted octanol–water partition coefficient (Wildman–Crippen LogP) is 4.26. The second kappa shape index (κ2) is 9.85. The van der Waals surface area contributed by atoms with Crippen molar-refractivity contribution in [2.45, 2.75) is 52.5 Å². The van der Waals surface area contributed by atoms with E-state index in [9.17, 15) is 0 Å². The molecule has 0 saturated heterocycles. The number of ether oxygens (including phenoxy) is 1. The summed E-state index contributed by atoms with van der Waals surface area (Å²) in [5, 5.41) is 3.59. The summed E-state index contributed by atoms with van der Waals surface area (Å²) in [7, 11) is 0. The van der Waals surface area contributed by atoms with Crippen LogP contribution < -0.4 is 10.1 Å². The van der Waals surface area contributed by atoms with Crippen LogP contribution in [-0.4, -0.2) is 19.2 Å². The fraction of sp³-hybridized carbons (Fsp3) is 0.647. The standard InChI is InChI=1S/C17H29NO/c1-4-15(5-2)14-16(18-6-3)12-13-19-17-10-8-7-9-11-17/h7-11,15-16,18H,4-6,12-14H2,1-3H3. The summed E-state index contributed by atoms with van der Waals surface area (Å²) in [6, 6.07) is 10.7. The Morgan fingerprint density at radius 3 is 2.32 bits per heavy atom. The molecule has 0 spiro atoms. The largest absolute Gasteiger partial charge is 0.494 e. The van der Waals surface area contributed by atoms with Gasteiger partial charge in [-0.2, -0.15) is 0 Å². The molecule has 0 amide bonds. The molecular formula is C17H29NO. The molecule has 2 nitrogen and oxygen atoms in total. The zero-order chi connectivity index (χ0) is 13.9. The van der Waals surface area contributed by atoms with Crippen LogP contribution in [0.2, 0.25) is 0 Å². The zero-order valence-electron chi connectivity index (χ0n) is 12.7. The third-order valence-electron chi connectivity index (χ3n) is 3.74. The number of rotatable bonds is 10. The molecule has 19 heavy (non-hydrogen) atoms. The number of benzene rings is 1. The zero-order valence-corrected chi connectivity index (χ0v) is 12.7. The topological polar surface area (TPSA) is 21.3 Å². The third kappa shape index (κ3) is 6.63. The maximum absolute atomic E-state index is 5.79. The van der Waals surface area contributed by atoms with E-state index in [0.29, 0.717) is 6.04 Å². The van der Waals surface area contributed by atoms with Crippen LogP contribution in [0.15, 0.2) is 30.3 Å². The minimum atomic E-state index is 0.582. The molecule has 1 aromatic carbocycles. The van der Waals surface area contributed by atoms with E-state index in [1.165, 1.54) is 19.3 Å². The highest BCUT2D eigenvalue weighted by atomic mass is 16.5. The van der Waals surface area contributed by atoms with Crippen LogP contribution in [0.25, 0.3) is 0 Å². The van der Waals surface area contributed by atoms with Crippen molar-refractivity contribution in [1.82, 2.24) is 5.32 Å². The minimum Gasteiger partial charge on any atom is -0.494 e. The third-order valence-corrected chi connectivity index (χ3v) is 3.74. The lowest BCUT2D eigenvalue weighted by Gasteiger charge is -2.22. The summed E-state index contributed by atoms with van der Waals surface area (Å²) in [5.74, 6) is 1.81. The van der Waals surface area contributed by atoms with Crippen molar-refractivity contribution in [3.05, 3.63) is 30.3 Å². The van der Waals surface area contributed by atoms with Gasteiger partial charge in [0, 0.05) is 6.04 Å². The molecule has 0 radical (unpaired) electrons. The molecule has 1 rings (SSSR count). The number of hydrogen-bond acceptors (Lipinski definition) is 2. The van der Waals surface area contributed by atoms with Gasteiger partial charge in [-0.05, 0) is 37.4 Å². The van der Waals surface area contributed by atoms with Crippen molar-refractivity contribution in [3.8, 4) is 5.75 Å². The fourth-order valence-corrected chi connectivity index (χ4v) is 2.45. The Labute approximate surface area is 118 Å². The smallest absolute Gasteiger partial charge is 0.119 e. The molecule has 0 aliphatic heterocycles. The molecular weight excluding hydrogens is 234 g/mol. The molecule has 0 aliphatic rings. The molecule has 1 aromatic rings. The summed E-state index contributed by atoms with van der Waals surface area (Å²) in [6.45, 7) is 8.59. The van der Waals surface area contributed by atoms with Crippen molar-refractivity contribution in [2.24, 2.45) is 5.92 Å². The van der Waals surface area contributed by atoms with Gasteiger partial charge in [0.25, 0.3) is 0 Å². The Kier molecular flexibility index (Phi) is 8.31. The monoisotopic (exact) mass is 263 g/mol. The Balaban J connectivity index is 2.32. The lowest BCUT2D eigenvalue weighted by atomic mass is 9.93. The normalized spacial score (nSPS) is 12.6. The molecule has 0 aromatic heterocycles. The van der Waals surface area contributed by atoms with Gasteiger partial charge < -0.3 is 10.1 Å². The summed E-state index contributed by atoms with van der Waals surface area (Å²) < 4.78 is 5.79. The molecule has 0 aliphatic carbocycles. The maximum Gasteiger partial charge on any atom is 0.119 e. The first-order chi connectivity index (χ1) is 9.30. The highest BCUT2D eigenvalue weighted by Crippen LogP contribution is 2.17. The Morgan fingerprint density at radius 1 is 1.05 bits per heavy atom. The van der Waals surface area contributed by atoms with Crippen LogP contribution in [0.3, 0.4) is 0 Å². The van der Waals surface area contributed by atoms with Gasteiger partial charge in [-0.25, -0.2) is 0 Å². The molecule has 1 N–H and O–H groups in total. The number of para-hydroxylation sites is 1. The van der Waals surface area contributed by atoms with Crippen molar-refractivity contribution in [2.75, 3.05) is 13.2 Å². The lowest BCUT2D eigenvalue weighted by molar-refractivity contribution is 0.265. The molecule has 0 bridgehead atoms. The van der Waals surface area contributed by atoms with Gasteiger partial charge in [0.1, 0.15) is 5.75 Å². The first-order valence-electron chi connectivity index (χ1n) is 7.71. The first kappa shape index (κ1) is 16.0. The summed E-state index contributed by atoms with van der Waals surface area (Å²) >= 11 is 0. The Morgan fingerprint density at radius 2 is 1.74 bits per heavy atom. The molecule has 0 fully saturated rings. The molecule has 108 valence electrons. The fourth-order valence-electron chi connectivity index (χ4n) is 2.45. The lowest BCUT2D eigenvalue weighted by Crippen LogP contribution is -2.32. The van der Waals surface area contributed by atoms with E-state index in [4.69, 9.17) is 4.74 Å². The average molecular weight is 263 g/mol. The van der Waals surface area contributed by atoms with Crippen LogP contribution in [0.4, 0.5) is 0 Å². The Hall–Kier alpha value is -1.02. The highest BCUT2D eigenvalue weighted by Gasteiger charge is 2.13. The minimum absolute atomic E-state index is 0.582. The predicted molar refractivity (Wildman–Crippen MR) is 82.7 cm³/mol. The van der Waals surface area contributed by atoms with Crippen LogP contribution in [0, 0.1) is 5.92 Å². The molecule has 0 saturated carbocycles. The second-order valence-electron chi connectivity index (χ2n) is 5.12. The second-order valence-corrected chi connectivity index (χ2v) is 5.12. The van der Waals surface area contributed by atoms with Gasteiger partial charge in [0.05, 0.1) is 6.61 Å². The van der Waals surface area contributed by atoms with Crippen LogP contribution >= 0.6 is 0 Å². The van der Waals surface area contributed by atoms with E-state index < -0.39 is 0 Å². The molecule has 2 heteroatoms. The summed E-state index contributed by atoms with van der Waals surface area (Å²) in [4.78, 5) is 0. The van der Waals surface area contributed by atoms with Crippen LogP contribution in [0.5, 0.6) is 5.75 Å². The van der Waals surface area contributed by atoms with Crippen molar-refractivity contribution < 1.29 is 4.74 Å². The van der Waals surface area contributed by atoms with Crippen molar-refractivity contribution in [1.29, 1.82) is 0 Å². The molecule has 1 unspecified atom stereocenters. The van der Waals surface area contributed by atoms with Crippen LogP contribution in [-0.2, 0) is 0 Å². The summed E-state index contributed by atoms with van der Waals surface area (Å²) in [6.07, 6.45) is 4.90. The average Bonchev–Trinajstić information content (AvgIpc) is 2.45. The summed E-state index contributed by atoms with van der Waals surface area (Å²) in [5.41, 5.74) is 0. The van der Waals surface area contributed by atoms with Crippen molar-refractivity contribution >= 4 is 0 Å². The molecule has 0 heterocycles. The van der Waals surface area contributed by atoms with Gasteiger partial charge in [0.15, 0.2) is 0 Å². The van der Waals surface area contributed by atoms with E-state index in [1.807, 2.05) is 30.3 Å². The van der Waals surface area contributed by atoms with E-state index in [2.05, 4.69) is 26.1 Å². The number of nitrogens with one attached hydrogen (secondary N) is 1. The first-order valence-corrected chi connectivity index (χ1v) is 7.71. The van der Waals surface area contributed by atoms with Gasteiger partial charge in [-0.1, -0.05) is 51.8 Å². The van der Waals surface area contributed by atoms with Crippen LogP contribution in [0.1, 0.15) is 46.5 Å². The van der Waals surface area contributed by atoms with Gasteiger partial charge >= 0.3 is 0 Å².